The Morgan fingerprint density at radius 3 is 2.43 bits per heavy atom. The molecule has 1 saturated heterocycles. The van der Waals surface area contributed by atoms with Crippen molar-refractivity contribution in [3.05, 3.63) is 75.4 Å². The highest BCUT2D eigenvalue weighted by Gasteiger charge is 2.49. The number of aromatic nitrogens is 2. The van der Waals surface area contributed by atoms with Crippen LogP contribution in [0.25, 0.3) is 0 Å². The molecule has 1 saturated carbocycles. The average Bonchev–Trinajstić information content (AvgIpc) is 3.70. The largest absolute Gasteiger partial charge is 0.417 e. The maximum Gasteiger partial charge on any atom is 0.417 e. The first-order valence-corrected chi connectivity index (χ1v) is 14.7. The van der Waals surface area contributed by atoms with Crippen molar-refractivity contribution in [2.24, 2.45) is 11.8 Å². The number of fused-ring (bicyclic) bond motifs is 3. The third-order valence-corrected chi connectivity index (χ3v) is 9.17. The normalized spacial score (nSPS) is 22.0. The molecule has 2 aliphatic heterocycles. The Bertz CT molecular complexity index is 1570. The molecule has 0 bridgehead atoms. The lowest BCUT2D eigenvalue weighted by Crippen LogP contribution is -2.56. The standard InChI is InChI=1S/C30H29BrF3N5O3/c1-16-11-22-25(15-37(16)28(41)19-7-10-24(31)23(13-19)30(32,33)34)39-27(20(14-36-39)12-17-3-4-17)38(29(22)42)21-8-5-18(6-9-21)26(40)35-2/h5-10,13-14,16-17,22,25H,3-4,11-12,15H2,1-2H3,(H,35,40)/t16-,22?,25?/m1/s1. The molecule has 1 aliphatic carbocycles. The highest BCUT2D eigenvalue weighted by molar-refractivity contribution is 9.10. The van der Waals surface area contributed by atoms with Gasteiger partial charge in [0.2, 0.25) is 5.91 Å². The lowest BCUT2D eigenvalue weighted by Gasteiger charge is -2.47. The smallest absolute Gasteiger partial charge is 0.355 e. The van der Waals surface area contributed by atoms with E-state index in [-0.39, 0.29) is 28.4 Å². The zero-order valence-corrected chi connectivity index (χ0v) is 24.6. The lowest BCUT2D eigenvalue weighted by atomic mass is 9.84. The molecule has 3 amide bonds. The minimum Gasteiger partial charge on any atom is -0.355 e. The summed E-state index contributed by atoms with van der Waals surface area (Å²) in [5.41, 5.74) is 1.04. The van der Waals surface area contributed by atoms with Gasteiger partial charge in [0.1, 0.15) is 5.82 Å². The molecule has 12 heteroatoms. The van der Waals surface area contributed by atoms with Crippen LogP contribution in [0.4, 0.5) is 24.7 Å². The fourth-order valence-corrected chi connectivity index (χ4v) is 6.55. The molecular formula is C30H29BrF3N5O3. The molecule has 3 heterocycles. The van der Waals surface area contributed by atoms with E-state index in [1.165, 1.54) is 12.1 Å². The molecule has 6 rings (SSSR count). The van der Waals surface area contributed by atoms with Gasteiger partial charge in [0.15, 0.2) is 0 Å². The number of anilines is 2. The van der Waals surface area contributed by atoms with Crippen LogP contribution in [0.15, 0.2) is 53.1 Å². The summed E-state index contributed by atoms with van der Waals surface area (Å²) in [6, 6.07) is 9.45. The summed E-state index contributed by atoms with van der Waals surface area (Å²) in [7, 11) is 1.55. The number of amides is 3. The molecule has 1 N–H and O–H groups in total. The molecule has 42 heavy (non-hydrogen) atoms. The molecule has 2 fully saturated rings. The third kappa shape index (κ3) is 4.99. The summed E-state index contributed by atoms with van der Waals surface area (Å²) in [5, 5.41) is 7.30. The molecule has 220 valence electrons. The first-order valence-electron chi connectivity index (χ1n) is 13.9. The van der Waals surface area contributed by atoms with E-state index in [4.69, 9.17) is 5.10 Å². The van der Waals surface area contributed by atoms with Gasteiger partial charge in [0.05, 0.1) is 29.4 Å². The predicted octanol–water partition coefficient (Wildman–Crippen LogP) is 5.75. The van der Waals surface area contributed by atoms with Crippen molar-refractivity contribution in [2.45, 2.75) is 50.9 Å². The molecular weight excluding hydrogens is 615 g/mol. The van der Waals surface area contributed by atoms with E-state index in [0.717, 1.165) is 30.9 Å². The van der Waals surface area contributed by atoms with Crippen LogP contribution < -0.4 is 10.2 Å². The fourth-order valence-electron chi connectivity index (χ4n) is 6.08. The van der Waals surface area contributed by atoms with Crippen molar-refractivity contribution in [3.63, 3.8) is 0 Å². The predicted molar refractivity (Wildman–Crippen MR) is 152 cm³/mol. The van der Waals surface area contributed by atoms with Crippen LogP contribution in [0.1, 0.15) is 64.1 Å². The van der Waals surface area contributed by atoms with Crippen LogP contribution in [-0.2, 0) is 17.4 Å². The number of alkyl halides is 3. The van der Waals surface area contributed by atoms with Crippen LogP contribution in [0.2, 0.25) is 0 Å². The van der Waals surface area contributed by atoms with Crippen LogP contribution >= 0.6 is 15.9 Å². The van der Waals surface area contributed by atoms with Crippen molar-refractivity contribution in [3.8, 4) is 0 Å². The zero-order chi connectivity index (χ0) is 29.9. The van der Waals surface area contributed by atoms with E-state index in [2.05, 4.69) is 21.2 Å². The lowest BCUT2D eigenvalue weighted by molar-refractivity contribution is -0.138. The van der Waals surface area contributed by atoms with Gasteiger partial charge in [0, 0.05) is 40.8 Å². The Balaban J connectivity index is 1.36. The fraction of sp³-hybridized carbons (Fsp3) is 0.400. The summed E-state index contributed by atoms with van der Waals surface area (Å²) in [6.07, 6.45) is 0.473. The Morgan fingerprint density at radius 1 is 1.10 bits per heavy atom. The van der Waals surface area contributed by atoms with Gasteiger partial charge in [-0.2, -0.15) is 18.3 Å². The van der Waals surface area contributed by atoms with Crippen molar-refractivity contribution >= 4 is 45.2 Å². The number of carbonyl (C=O) groups excluding carboxylic acids is 3. The van der Waals surface area contributed by atoms with Gasteiger partial charge >= 0.3 is 6.18 Å². The van der Waals surface area contributed by atoms with Crippen LogP contribution in [0.3, 0.4) is 0 Å². The summed E-state index contributed by atoms with van der Waals surface area (Å²) < 4.78 is 42.4. The SMILES string of the molecule is CNC(=O)c1ccc(N2C(=O)C3C[C@@H](C)N(C(=O)c4ccc(Br)c(C(F)(F)F)c4)CC3n3ncc(CC4CC4)c32)cc1. The van der Waals surface area contributed by atoms with Gasteiger partial charge < -0.3 is 10.2 Å². The van der Waals surface area contributed by atoms with Crippen LogP contribution in [0.5, 0.6) is 0 Å². The summed E-state index contributed by atoms with van der Waals surface area (Å²) in [5.74, 6) is -0.213. The number of piperidine rings is 1. The average molecular weight is 644 g/mol. The molecule has 1 aromatic heterocycles. The van der Waals surface area contributed by atoms with E-state index in [1.807, 2.05) is 11.6 Å². The second-order valence-electron chi connectivity index (χ2n) is 11.3. The second-order valence-corrected chi connectivity index (χ2v) is 12.1. The minimum absolute atomic E-state index is 0.0640. The van der Waals surface area contributed by atoms with Crippen molar-refractivity contribution < 1.29 is 27.6 Å². The molecule has 8 nitrogen and oxygen atoms in total. The number of hydrogen-bond acceptors (Lipinski definition) is 4. The summed E-state index contributed by atoms with van der Waals surface area (Å²) in [6.45, 7) is 1.94. The monoisotopic (exact) mass is 643 g/mol. The van der Waals surface area contributed by atoms with Gasteiger partial charge in [-0.15, -0.1) is 0 Å². The third-order valence-electron chi connectivity index (χ3n) is 8.48. The van der Waals surface area contributed by atoms with Gasteiger partial charge in [-0.1, -0.05) is 15.9 Å². The number of likely N-dealkylation sites (tertiary alicyclic amines) is 1. The number of rotatable bonds is 5. The van der Waals surface area contributed by atoms with E-state index in [0.29, 0.717) is 29.4 Å². The Morgan fingerprint density at radius 2 is 1.79 bits per heavy atom. The number of nitrogens with one attached hydrogen (secondary N) is 1. The first kappa shape index (κ1) is 28.4. The maximum absolute atomic E-state index is 14.2. The minimum atomic E-state index is -4.62. The maximum atomic E-state index is 14.2. The van der Waals surface area contributed by atoms with Crippen molar-refractivity contribution in [1.82, 2.24) is 20.0 Å². The Kier molecular flexibility index (Phi) is 7.15. The Hall–Kier alpha value is -3.67. The number of halogens is 4. The summed E-state index contributed by atoms with van der Waals surface area (Å²) >= 11 is 2.94. The number of hydrogen-bond donors (Lipinski definition) is 1. The zero-order valence-electron chi connectivity index (χ0n) is 23.0. The van der Waals surface area contributed by atoms with E-state index in [9.17, 15) is 27.6 Å². The molecule has 0 radical (unpaired) electrons. The van der Waals surface area contributed by atoms with Gasteiger partial charge in [0.25, 0.3) is 11.8 Å². The van der Waals surface area contributed by atoms with Crippen molar-refractivity contribution in [1.29, 1.82) is 0 Å². The van der Waals surface area contributed by atoms with E-state index >= 15 is 0 Å². The highest BCUT2D eigenvalue weighted by Crippen LogP contribution is 2.46. The van der Waals surface area contributed by atoms with E-state index in [1.54, 1.807) is 47.3 Å². The molecule has 0 spiro atoms. The molecule has 2 aromatic carbocycles. The van der Waals surface area contributed by atoms with Crippen LogP contribution in [0, 0.1) is 11.8 Å². The van der Waals surface area contributed by atoms with E-state index < -0.39 is 35.6 Å². The van der Waals surface area contributed by atoms with Gasteiger partial charge in [-0.3, -0.25) is 19.3 Å². The number of carbonyl (C=O) groups is 3. The number of nitrogens with zero attached hydrogens (tertiary/aromatic N) is 4. The highest BCUT2D eigenvalue weighted by atomic mass is 79.9. The quantitative estimate of drug-likeness (QED) is 0.384. The first-order chi connectivity index (χ1) is 20.0. The summed E-state index contributed by atoms with van der Waals surface area (Å²) in [4.78, 5) is 43.1. The van der Waals surface area contributed by atoms with Gasteiger partial charge in [-0.05, 0) is 81.0 Å². The number of benzene rings is 2. The molecule has 3 aliphatic rings. The van der Waals surface area contributed by atoms with Gasteiger partial charge in [-0.25, -0.2) is 4.68 Å². The van der Waals surface area contributed by atoms with Crippen molar-refractivity contribution in [2.75, 3.05) is 18.5 Å². The molecule has 3 atom stereocenters. The molecule has 3 aromatic rings. The molecule has 2 unspecified atom stereocenters. The van der Waals surface area contributed by atoms with Crippen LogP contribution in [-0.4, -0.2) is 52.0 Å². The second kappa shape index (κ2) is 10.6. The Labute approximate surface area is 249 Å². The topological polar surface area (TPSA) is 87.5 Å².